The third kappa shape index (κ3) is 5.25. The van der Waals surface area contributed by atoms with Crippen LogP contribution in [0.1, 0.15) is 45.1 Å². The average molecular weight is 553 g/mol. The molecule has 3 aromatic carbocycles. The fourth-order valence-electron chi connectivity index (χ4n) is 5.06. The second-order valence-electron chi connectivity index (χ2n) is 9.97. The van der Waals surface area contributed by atoms with E-state index < -0.39 is 16.1 Å². The zero-order valence-corrected chi connectivity index (χ0v) is 22.7. The number of ether oxygens (including phenoxy) is 1. The number of nitrogens with zero attached hydrogens (tertiary/aromatic N) is 3. The molecule has 9 heteroatoms. The van der Waals surface area contributed by atoms with Crippen molar-refractivity contribution in [1.82, 2.24) is 15.3 Å². The first-order chi connectivity index (χ1) is 19.4. The quantitative estimate of drug-likeness (QED) is 0.321. The first-order valence-corrected chi connectivity index (χ1v) is 14.9. The molecule has 0 saturated carbocycles. The molecule has 2 atom stereocenters. The van der Waals surface area contributed by atoms with E-state index >= 15 is 0 Å². The van der Waals surface area contributed by atoms with Crippen LogP contribution in [0, 0.1) is 0 Å². The summed E-state index contributed by atoms with van der Waals surface area (Å²) in [6, 6.07) is 25.8. The Balaban J connectivity index is 1.22. The minimum absolute atomic E-state index is 0.147. The Kier molecular flexibility index (Phi) is 6.91. The molecule has 0 bridgehead atoms. The van der Waals surface area contributed by atoms with Crippen LogP contribution >= 0.6 is 0 Å². The van der Waals surface area contributed by atoms with E-state index in [1.54, 1.807) is 17.4 Å². The summed E-state index contributed by atoms with van der Waals surface area (Å²) >= 11 is 0. The lowest BCUT2D eigenvalue weighted by atomic mass is 9.95. The van der Waals surface area contributed by atoms with Crippen molar-refractivity contribution in [2.24, 2.45) is 5.10 Å². The van der Waals surface area contributed by atoms with Crippen LogP contribution in [0.2, 0.25) is 0 Å². The summed E-state index contributed by atoms with van der Waals surface area (Å²) in [5.41, 5.74) is 5.56. The van der Waals surface area contributed by atoms with Crippen LogP contribution in [0.4, 0.5) is 0 Å². The maximum Gasteiger partial charge on any atom is 0.251 e. The van der Waals surface area contributed by atoms with Crippen molar-refractivity contribution >= 4 is 21.3 Å². The van der Waals surface area contributed by atoms with Crippen molar-refractivity contribution in [3.8, 4) is 5.75 Å². The molecule has 8 nitrogen and oxygen atoms in total. The van der Waals surface area contributed by atoms with E-state index in [-0.39, 0.29) is 16.7 Å². The molecule has 1 N–H and O–H groups in total. The van der Waals surface area contributed by atoms with Gasteiger partial charge in [0.2, 0.25) is 5.78 Å². The number of pyridine rings is 1. The molecule has 2 aliphatic rings. The Hall–Kier alpha value is -4.34. The number of para-hydroxylation sites is 1. The standard InChI is InChI=1S/C31H28N4O4S/c1-40(37,38)25-12-10-24(11-13-25)30(36)31-35-28(26-4-2-3-5-29(26)39-31)18-27(34-35)23-8-6-21(7-9-23)19-33-20-22-14-16-32-17-15-22/h2-17,28,31,33H,18-20H2,1H3. The van der Waals surface area contributed by atoms with E-state index in [1.165, 1.54) is 29.8 Å². The molecule has 1 aromatic heterocycles. The van der Waals surface area contributed by atoms with Gasteiger partial charge in [-0.25, -0.2) is 13.4 Å². The van der Waals surface area contributed by atoms with Gasteiger partial charge in [-0.15, -0.1) is 0 Å². The van der Waals surface area contributed by atoms with Crippen LogP contribution in [0.15, 0.2) is 107 Å². The Morgan fingerprint density at radius 1 is 0.925 bits per heavy atom. The van der Waals surface area contributed by atoms with Crippen LogP contribution in [-0.2, 0) is 22.9 Å². The van der Waals surface area contributed by atoms with Gasteiger partial charge in [0.15, 0.2) is 9.84 Å². The van der Waals surface area contributed by atoms with Crippen LogP contribution in [0.5, 0.6) is 5.75 Å². The summed E-state index contributed by atoms with van der Waals surface area (Å²) in [6.07, 6.45) is 4.40. The first-order valence-electron chi connectivity index (χ1n) is 13.0. The van der Waals surface area contributed by atoms with Gasteiger partial charge in [0.05, 0.1) is 16.6 Å². The summed E-state index contributed by atoms with van der Waals surface area (Å²) in [7, 11) is -3.36. The molecule has 0 radical (unpaired) electrons. The van der Waals surface area contributed by atoms with Gasteiger partial charge in [0.1, 0.15) is 5.75 Å². The molecule has 0 amide bonds. The number of aromatic nitrogens is 1. The van der Waals surface area contributed by atoms with Crippen molar-refractivity contribution in [3.05, 3.63) is 125 Å². The molecule has 40 heavy (non-hydrogen) atoms. The van der Waals surface area contributed by atoms with Crippen molar-refractivity contribution in [1.29, 1.82) is 0 Å². The predicted molar refractivity (Wildman–Crippen MR) is 152 cm³/mol. The number of ketones is 1. The van der Waals surface area contributed by atoms with Gasteiger partial charge < -0.3 is 10.1 Å². The molecule has 202 valence electrons. The molecule has 0 spiro atoms. The molecule has 2 unspecified atom stereocenters. The number of carbonyl (C=O) groups is 1. The minimum atomic E-state index is -3.36. The number of hydrazone groups is 1. The Labute approximate surface area is 233 Å². The lowest BCUT2D eigenvalue weighted by Crippen LogP contribution is -2.45. The van der Waals surface area contributed by atoms with Gasteiger partial charge in [0, 0.05) is 49.3 Å². The smallest absolute Gasteiger partial charge is 0.251 e. The number of hydrogen-bond donors (Lipinski definition) is 1. The molecule has 2 aliphatic heterocycles. The predicted octanol–water partition coefficient (Wildman–Crippen LogP) is 4.53. The Morgan fingerprint density at radius 2 is 1.60 bits per heavy atom. The van der Waals surface area contributed by atoms with E-state index in [2.05, 4.69) is 34.6 Å². The second-order valence-corrected chi connectivity index (χ2v) is 12.0. The van der Waals surface area contributed by atoms with Gasteiger partial charge in [-0.2, -0.15) is 5.10 Å². The lowest BCUT2D eigenvalue weighted by molar-refractivity contribution is -0.00456. The van der Waals surface area contributed by atoms with Crippen LogP contribution in [0.3, 0.4) is 0 Å². The molecule has 0 aliphatic carbocycles. The Bertz CT molecular complexity index is 1670. The van der Waals surface area contributed by atoms with Gasteiger partial charge in [-0.05, 0) is 59.2 Å². The van der Waals surface area contributed by atoms with E-state index in [0.717, 1.165) is 41.7 Å². The van der Waals surface area contributed by atoms with Crippen LogP contribution in [0.25, 0.3) is 0 Å². The second kappa shape index (κ2) is 10.7. The molecule has 6 rings (SSSR count). The SMILES string of the molecule is CS(=O)(=O)c1ccc(C(=O)C2Oc3ccccc3C3CC(c4ccc(CNCc5ccncc5)cc4)=NN23)cc1. The summed E-state index contributed by atoms with van der Waals surface area (Å²) < 4.78 is 29.9. The molecule has 4 aromatic rings. The fraction of sp³-hybridized carbons (Fsp3) is 0.194. The molecule has 0 saturated heterocycles. The first kappa shape index (κ1) is 25.9. The van der Waals surface area contributed by atoms with Gasteiger partial charge in [-0.3, -0.25) is 9.78 Å². The number of nitrogens with one attached hydrogen (secondary N) is 1. The van der Waals surface area contributed by atoms with Gasteiger partial charge in [-0.1, -0.05) is 42.5 Å². The van der Waals surface area contributed by atoms with Crippen molar-refractivity contribution in [2.45, 2.75) is 36.7 Å². The maximum absolute atomic E-state index is 13.6. The fourth-order valence-corrected chi connectivity index (χ4v) is 5.69. The van der Waals surface area contributed by atoms with E-state index in [1.807, 2.05) is 36.4 Å². The summed E-state index contributed by atoms with van der Waals surface area (Å²) in [5, 5.41) is 10.1. The number of fused-ring (bicyclic) bond motifs is 3. The number of sulfone groups is 1. The number of rotatable bonds is 8. The summed E-state index contributed by atoms with van der Waals surface area (Å²) in [5.74, 6) is 0.377. The highest BCUT2D eigenvalue weighted by molar-refractivity contribution is 7.90. The minimum Gasteiger partial charge on any atom is -0.461 e. The van der Waals surface area contributed by atoms with E-state index in [4.69, 9.17) is 9.84 Å². The van der Waals surface area contributed by atoms with Crippen LogP contribution in [-0.4, -0.2) is 42.4 Å². The van der Waals surface area contributed by atoms with E-state index in [9.17, 15) is 13.2 Å². The molecule has 0 fully saturated rings. The highest BCUT2D eigenvalue weighted by Crippen LogP contribution is 2.43. The Morgan fingerprint density at radius 3 is 2.30 bits per heavy atom. The number of hydrogen-bond acceptors (Lipinski definition) is 8. The number of Topliss-reactive ketones (excluding diaryl/α,β-unsaturated/α-hetero) is 1. The van der Waals surface area contributed by atoms with Crippen molar-refractivity contribution in [2.75, 3.05) is 6.26 Å². The maximum atomic E-state index is 13.6. The summed E-state index contributed by atoms with van der Waals surface area (Å²) in [4.78, 5) is 17.8. The molecule has 3 heterocycles. The van der Waals surface area contributed by atoms with Crippen molar-refractivity contribution in [3.63, 3.8) is 0 Å². The largest absolute Gasteiger partial charge is 0.461 e. The van der Waals surface area contributed by atoms with Crippen LogP contribution < -0.4 is 10.1 Å². The normalized spacial score (nSPS) is 17.9. The molecular formula is C31H28N4O4S. The van der Waals surface area contributed by atoms with Gasteiger partial charge in [0.25, 0.3) is 6.23 Å². The van der Waals surface area contributed by atoms with E-state index in [0.29, 0.717) is 17.7 Å². The topological polar surface area (TPSA) is 101 Å². The average Bonchev–Trinajstić information content (AvgIpc) is 3.43. The highest BCUT2D eigenvalue weighted by Gasteiger charge is 2.43. The zero-order chi connectivity index (χ0) is 27.7. The molecular weight excluding hydrogens is 524 g/mol. The third-order valence-corrected chi connectivity index (χ3v) is 8.31. The number of carbonyl (C=O) groups excluding carboxylic acids is 1. The highest BCUT2D eigenvalue weighted by atomic mass is 32.2. The third-order valence-electron chi connectivity index (χ3n) is 7.19. The summed E-state index contributed by atoms with van der Waals surface area (Å²) in [6.45, 7) is 1.50. The van der Waals surface area contributed by atoms with Crippen molar-refractivity contribution < 1.29 is 17.9 Å². The monoisotopic (exact) mass is 552 g/mol. The number of benzene rings is 3. The lowest BCUT2D eigenvalue weighted by Gasteiger charge is -2.37. The zero-order valence-electron chi connectivity index (χ0n) is 21.9. The van der Waals surface area contributed by atoms with Gasteiger partial charge >= 0.3 is 0 Å².